The van der Waals surface area contributed by atoms with E-state index < -0.39 is 5.95 Å². The smallest absolute Gasteiger partial charge is 0.191 e. The van der Waals surface area contributed by atoms with Gasteiger partial charge in [-0.05, 0) is 12.3 Å². The van der Waals surface area contributed by atoms with Gasteiger partial charge in [0.25, 0.3) is 0 Å². The Kier molecular flexibility index (Phi) is 4.11. The minimum Gasteiger partial charge on any atom is -0.375 e. The van der Waals surface area contributed by atoms with Crippen LogP contribution >= 0.6 is 11.6 Å². The molecule has 1 atom stereocenters. The molecule has 3 N–H and O–H groups in total. The van der Waals surface area contributed by atoms with Gasteiger partial charge in [0.1, 0.15) is 5.17 Å². The number of nitrogens with one attached hydrogen (secondary N) is 1. The predicted molar refractivity (Wildman–Crippen MR) is 45.4 cm³/mol. The van der Waals surface area contributed by atoms with Crippen molar-refractivity contribution in [3.8, 4) is 0 Å². The van der Waals surface area contributed by atoms with Crippen LogP contribution in [0.5, 0.6) is 0 Å². The van der Waals surface area contributed by atoms with Crippen molar-refractivity contribution in [2.75, 3.05) is 0 Å². The van der Waals surface area contributed by atoms with Gasteiger partial charge in [-0.3, -0.25) is 5.41 Å². The number of hydrogen-bond donors (Lipinski definition) is 2. The second-order valence-corrected chi connectivity index (χ2v) is 2.76. The molecular weight excluding hydrogens is 167 g/mol. The standard InChI is InChI=1S/C7H12ClFN2/c1-3-4(2)5(6(8)10)7(9)11/h4,10H,3,11H2,1-2H3. The molecule has 0 spiro atoms. The van der Waals surface area contributed by atoms with Crippen LogP contribution in [-0.2, 0) is 0 Å². The van der Waals surface area contributed by atoms with Gasteiger partial charge in [0.15, 0.2) is 5.95 Å². The predicted octanol–water partition coefficient (Wildman–Crippen LogP) is 2.39. The third-order valence-electron chi connectivity index (χ3n) is 1.60. The zero-order valence-electron chi connectivity index (χ0n) is 6.62. The third-order valence-corrected chi connectivity index (χ3v) is 1.80. The van der Waals surface area contributed by atoms with Gasteiger partial charge in [0, 0.05) is 5.57 Å². The molecular formula is C7H12ClFN2. The largest absolute Gasteiger partial charge is 0.375 e. The van der Waals surface area contributed by atoms with Crippen LogP contribution in [-0.4, -0.2) is 5.17 Å². The first-order valence-electron chi connectivity index (χ1n) is 3.40. The zero-order valence-corrected chi connectivity index (χ0v) is 7.37. The lowest BCUT2D eigenvalue weighted by Gasteiger charge is -2.10. The highest BCUT2D eigenvalue weighted by Crippen LogP contribution is 2.19. The molecule has 0 fully saturated rings. The fourth-order valence-electron chi connectivity index (χ4n) is 0.761. The molecule has 0 saturated carbocycles. The molecule has 0 aromatic carbocycles. The summed E-state index contributed by atoms with van der Waals surface area (Å²) in [6.45, 7) is 3.66. The highest BCUT2D eigenvalue weighted by Gasteiger charge is 2.14. The molecule has 0 aliphatic rings. The quantitative estimate of drug-likeness (QED) is 0.506. The lowest BCUT2D eigenvalue weighted by atomic mass is 10.00. The molecule has 1 unspecified atom stereocenters. The average Bonchev–Trinajstić information content (AvgIpc) is 1.85. The Bertz CT molecular complexity index is 185. The Hall–Kier alpha value is -0.570. The Morgan fingerprint density at radius 2 is 2.18 bits per heavy atom. The average molecular weight is 179 g/mol. The molecule has 4 heteroatoms. The summed E-state index contributed by atoms with van der Waals surface area (Å²) in [5.41, 5.74) is 5.01. The minimum absolute atomic E-state index is 0.0926. The van der Waals surface area contributed by atoms with Crippen molar-refractivity contribution in [2.45, 2.75) is 20.3 Å². The molecule has 0 amide bonds. The molecule has 11 heavy (non-hydrogen) atoms. The SMILES string of the molecule is CCC(C)C(C(=N)Cl)=C(N)F. The molecule has 0 aromatic heterocycles. The summed E-state index contributed by atoms with van der Waals surface area (Å²) >= 11 is 5.32. The summed E-state index contributed by atoms with van der Waals surface area (Å²) in [6.07, 6.45) is 0.717. The fourth-order valence-corrected chi connectivity index (χ4v) is 1.04. The van der Waals surface area contributed by atoms with E-state index in [1.54, 1.807) is 6.92 Å². The number of hydrogen-bond acceptors (Lipinski definition) is 2. The van der Waals surface area contributed by atoms with Crippen LogP contribution in [0.3, 0.4) is 0 Å². The summed E-state index contributed by atoms with van der Waals surface area (Å²) in [5, 5.41) is 6.70. The van der Waals surface area contributed by atoms with Crippen LogP contribution in [0.4, 0.5) is 4.39 Å². The van der Waals surface area contributed by atoms with E-state index in [4.69, 9.17) is 22.7 Å². The summed E-state index contributed by atoms with van der Waals surface area (Å²) in [6, 6.07) is 0. The first-order valence-corrected chi connectivity index (χ1v) is 3.78. The lowest BCUT2D eigenvalue weighted by Crippen LogP contribution is -2.10. The number of allylic oxidation sites excluding steroid dienone is 1. The van der Waals surface area contributed by atoms with Crippen molar-refractivity contribution in [1.82, 2.24) is 0 Å². The normalized spacial score (nSPS) is 15.6. The van der Waals surface area contributed by atoms with Gasteiger partial charge < -0.3 is 5.73 Å². The number of halogens is 2. The van der Waals surface area contributed by atoms with Crippen LogP contribution in [0.25, 0.3) is 0 Å². The van der Waals surface area contributed by atoms with E-state index in [9.17, 15) is 4.39 Å². The van der Waals surface area contributed by atoms with Crippen LogP contribution in [0, 0.1) is 11.3 Å². The molecule has 0 rings (SSSR count). The first-order chi connectivity index (χ1) is 5.00. The molecule has 0 aliphatic carbocycles. The molecule has 0 bridgehead atoms. The molecule has 0 heterocycles. The van der Waals surface area contributed by atoms with Crippen molar-refractivity contribution >= 4 is 16.8 Å². The van der Waals surface area contributed by atoms with Gasteiger partial charge >= 0.3 is 0 Å². The van der Waals surface area contributed by atoms with E-state index in [1.807, 2.05) is 6.92 Å². The van der Waals surface area contributed by atoms with Gasteiger partial charge in [0.05, 0.1) is 0 Å². The second kappa shape index (κ2) is 4.34. The Morgan fingerprint density at radius 3 is 2.27 bits per heavy atom. The van der Waals surface area contributed by atoms with Crippen LogP contribution in [0.2, 0.25) is 0 Å². The van der Waals surface area contributed by atoms with Gasteiger partial charge in [0.2, 0.25) is 0 Å². The molecule has 64 valence electrons. The maximum atomic E-state index is 12.5. The summed E-state index contributed by atoms with van der Waals surface area (Å²) in [7, 11) is 0. The Balaban J connectivity index is 4.63. The number of nitrogens with two attached hydrogens (primary N) is 1. The highest BCUT2D eigenvalue weighted by molar-refractivity contribution is 6.68. The van der Waals surface area contributed by atoms with E-state index in [1.165, 1.54) is 0 Å². The molecule has 0 aromatic rings. The molecule has 2 nitrogen and oxygen atoms in total. The van der Waals surface area contributed by atoms with Crippen molar-refractivity contribution < 1.29 is 4.39 Å². The topological polar surface area (TPSA) is 49.9 Å². The van der Waals surface area contributed by atoms with Gasteiger partial charge in [-0.25, -0.2) is 0 Å². The van der Waals surface area contributed by atoms with Gasteiger partial charge in [-0.15, -0.1) is 0 Å². The number of rotatable bonds is 3. The monoisotopic (exact) mass is 178 g/mol. The van der Waals surface area contributed by atoms with E-state index >= 15 is 0 Å². The summed E-state index contributed by atoms with van der Waals surface area (Å²) in [5.74, 6) is -0.940. The summed E-state index contributed by atoms with van der Waals surface area (Å²) in [4.78, 5) is 0. The minimum atomic E-state index is -0.848. The Labute approximate surface area is 70.7 Å². The van der Waals surface area contributed by atoms with Gasteiger partial charge in [-0.1, -0.05) is 25.4 Å². The van der Waals surface area contributed by atoms with Gasteiger partial charge in [-0.2, -0.15) is 4.39 Å². The maximum Gasteiger partial charge on any atom is 0.191 e. The van der Waals surface area contributed by atoms with Crippen molar-refractivity contribution in [2.24, 2.45) is 11.7 Å². The van der Waals surface area contributed by atoms with Crippen LogP contribution in [0.1, 0.15) is 20.3 Å². The molecule has 0 saturated heterocycles. The fraction of sp³-hybridized carbons (Fsp3) is 0.571. The highest BCUT2D eigenvalue weighted by atomic mass is 35.5. The second-order valence-electron chi connectivity index (χ2n) is 2.38. The summed E-state index contributed by atoms with van der Waals surface area (Å²) < 4.78 is 12.5. The maximum absolute atomic E-state index is 12.5. The molecule has 0 aliphatic heterocycles. The molecule has 0 radical (unpaired) electrons. The van der Waals surface area contributed by atoms with E-state index in [2.05, 4.69) is 0 Å². The van der Waals surface area contributed by atoms with Crippen LogP contribution < -0.4 is 5.73 Å². The van der Waals surface area contributed by atoms with E-state index in [0.29, 0.717) is 0 Å². The zero-order chi connectivity index (χ0) is 9.02. The van der Waals surface area contributed by atoms with Crippen molar-refractivity contribution in [3.05, 3.63) is 11.5 Å². The Morgan fingerprint density at radius 1 is 1.73 bits per heavy atom. The van der Waals surface area contributed by atoms with E-state index in [-0.39, 0.29) is 16.7 Å². The van der Waals surface area contributed by atoms with E-state index in [0.717, 1.165) is 6.42 Å². The third kappa shape index (κ3) is 2.89. The first kappa shape index (κ1) is 10.4. The van der Waals surface area contributed by atoms with Crippen LogP contribution in [0.15, 0.2) is 11.5 Å². The van der Waals surface area contributed by atoms with Crippen molar-refractivity contribution in [3.63, 3.8) is 0 Å². The van der Waals surface area contributed by atoms with Crippen molar-refractivity contribution in [1.29, 1.82) is 5.41 Å². The lowest BCUT2D eigenvalue weighted by molar-refractivity contribution is 0.577.